The van der Waals surface area contributed by atoms with E-state index in [1.54, 1.807) is 37.3 Å². The first-order valence-electron chi connectivity index (χ1n) is 6.86. The fraction of sp³-hybridized carbons (Fsp3) is 0.188. The van der Waals surface area contributed by atoms with Crippen LogP contribution in [-0.4, -0.2) is 20.6 Å². The molecule has 23 heavy (non-hydrogen) atoms. The van der Waals surface area contributed by atoms with E-state index in [2.05, 4.69) is 10.0 Å². The van der Waals surface area contributed by atoms with E-state index in [1.807, 2.05) is 0 Å². The van der Waals surface area contributed by atoms with Crippen molar-refractivity contribution in [2.24, 2.45) is 0 Å². The summed E-state index contributed by atoms with van der Waals surface area (Å²) in [6, 6.07) is 10.6. The van der Waals surface area contributed by atoms with Crippen molar-refractivity contribution in [3.8, 4) is 0 Å². The second-order valence-electron chi connectivity index (χ2n) is 5.26. The minimum atomic E-state index is -3.40. The van der Waals surface area contributed by atoms with Crippen LogP contribution in [0.4, 0.5) is 15.8 Å². The topological polar surface area (TPSA) is 75.3 Å². The van der Waals surface area contributed by atoms with Crippen molar-refractivity contribution in [2.45, 2.75) is 13.3 Å². The van der Waals surface area contributed by atoms with Crippen molar-refractivity contribution in [2.75, 3.05) is 16.3 Å². The lowest BCUT2D eigenvalue weighted by molar-refractivity contribution is -0.115. The Bertz CT molecular complexity index is 818. The van der Waals surface area contributed by atoms with Gasteiger partial charge >= 0.3 is 0 Å². The zero-order valence-corrected chi connectivity index (χ0v) is 13.6. The van der Waals surface area contributed by atoms with Gasteiger partial charge in [0.1, 0.15) is 5.82 Å². The van der Waals surface area contributed by atoms with E-state index < -0.39 is 10.0 Å². The average molecular weight is 336 g/mol. The third-order valence-electron chi connectivity index (χ3n) is 3.09. The standard InChI is InChI=1S/C16H17FN2O3S/c1-11-3-8-14(10-15(11)19-23(2,21)22)18-16(20)9-12-4-6-13(17)7-5-12/h3-8,10,19H,9H2,1-2H3,(H,18,20). The molecular weight excluding hydrogens is 319 g/mol. The largest absolute Gasteiger partial charge is 0.326 e. The van der Waals surface area contributed by atoms with Gasteiger partial charge in [0.2, 0.25) is 15.9 Å². The number of hydrogen-bond acceptors (Lipinski definition) is 3. The van der Waals surface area contributed by atoms with E-state index in [1.165, 1.54) is 12.1 Å². The number of anilines is 2. The molecule has 0 fully saturated rings. The Kier molecular flexibility index (Phi) is 5.00. The van der Waals surface area contributed by atoms with Crippen LogP contribution in [0.2, 0.25) is 0 Å². The van der Waals surface area contributed by atoms with Crippen LogP contribution in [0.3, 0.4) is 0 Å². The molecule has 0 saturated heterocycles. The van der Waals surface area contributed by atoms with Crippen LogP contribution in [0.5, 0.6) is 0 Å². The van der Waals surface area contributed by atoms with Crippen molar-refractivity contribution in [1.82, 2.24) is 0 Å². The molecule has 122 valence electrons. The van der Waals surface area contributed by atoms with E-state index in [-0.39, 0.29) is 18.1 Å². The molecule has 0 unspecified atom stereocenters. The second kappa shape index (κ2) is 6.78. The lowest BCUT2D eigenvalue weighted by Crippen LogP contribution is -2.15. The zero-order chi connectivity index (χ0) is 17.0. The van der Waals surface area contributed by atoms with Crippen molar-refractivity contribution >= 4 is 27.3 Å². The number of rotatable bonds is 5. The van der Waals surface area contributed by atoms with Gasteiger partial charge in [-0.2, -0.15) is 0 Å². The maximum Gasteiger partial charge on any atom is 0.229 e. The van der Waals surface area contributed by atoms with Gasteiger partial charge in [-0.25, -0.2) is 12.8 Å². The van der Waals surface area contributed by atoms with Crippen LogP contribution in [0, 0.1) is 12.7 Å². The van der Waals surface area contributed by atoms with Gasteiger partial charge in [0.05, 0.1) is 18.4 Å². The van der Waals surface area contributed by atoms with Crippen molar-refractivity contribution < 1.29 is 17.6 Å². The third-order valence-corrected chi connectivity index (χ3v) is 3.69. The molecule has 7 heteroatoms. The molecule has 0 aliphatic rings. The Labute approximate surface area is 134 Å². The number of benzene rings is 2. The fourth-order valence-corrected chi connectivity index (χ4v) is 2.62. The van der Waals surface area contributed by atoms with Crippen LogP contribution in [0.1, 0.15) is 11.1 Å². The highest BCUT2D eigenvalue weighted by atomic mass is 32.2. The molecule has 0 saturated carbocycles. The quantitative estimate of drug-likeness (QED) is 0.881. The summed E-state index contributed by atoms with van der Waals surface area (Å²) in [6.45, 7) is 1.76. The van der Waals surface area contributed by atoms with Gasteiger partial charge in [-0.3, -0.25) is 9.52 Å². The molecule has 0 atom stereocenters. The first-order chi connectivity index (χ1) is 10.7. The first-order valence-corrected chi connectivity index (χ1v) is 8.75. The summed E-state index contributed by atoms with van der Waals surface area (Å²) in [4.78, 5) is 12.0. The fourth-order valence-electron chi connectivity index (χ4n) is 2.00. The second-order valence-corrected chi connectivity index (χ2v) is 7.00. The molecule has 5 nitrogen and oxygen atoms in total. The number of halogens is 1. The van der Waals surface area contributed by atoms with Crippen molar-refractivity contribution in [3.05, 3.63) is 59.4 Å². The molecule has 0 spiro atoms. The predicted molar refractivity (Wildman–Crippen MR) is 88.4 cm³/mol. The minimum Gasteiger partial charge on any atom is -0.326 e. The van der Waals surface area contributed by atoms with Gasteiger partial charge < -0.3 is 5.32 Å². The monoisotopic (exact) mass is 336 g/mol. The Morgan fingerprint density at radius 2 is 1.78 bits per heavy atom. The summed E-state index contributed by atoms with van der Waals surface area (Å²) in [6.07, 6.45) is 1.16. The van der Waals surface area contributed by atoms with E-state index >= 15 is 0 Å². The molecule has 0 aliphatic heterocycles. The lowest BCUT2D eigenvalue weighted by atomic mass is 10.1. The molecule has 2 rings (SSSR count). The molecule has 2 aromatic carbocycles. The number of sulfonamides is 1. The van der Waals surface area contributed by atoms with Gasteiger partial charge in [-0.1, -0.05) is 18.2 Å². The maximum atomic E-state index is 12.8. The normalized spacial score (nSPS) is 11.1. The summed E-state index contributed by atoms with van der Waals surface area (Å²) in [5, 5.41) is 2.69. The summed E-state index contributed by atoms with van der Waals surface area (Å²) >= 11 is 0. The van der Waals surface area contributed by atoms with Crippen molar-refractivity contribution in [1.29, 1.82) is 0 Å². The highest BCUT2D eigenvalue weighted by Gasteiger charge is 2.09. The third kappa shape index (κ3) is 5.37. The molecule has 2 N–H and O–H groups in total. The Morgan fingerprint density at radius 1 is 1.13 bits per heavy atom. The van der Waals surface area contributed by atoms with Crippen LogP contribution >= 0.6 is 0 Å². The number of carbonyl (C=O) groups is 1. The van der Waals surface area contributed by atoms with Crippen LogP contribution < -0.4 is 10.0 Å². The molecule has 0 aromatic heterocycles. The van der Waals surface area contributed by atoms with E-state index in [0.717, 1.165) is 11.8 Å². The minimum absolute atomic E-state index is 0.100. The number of aryl methyl sites for hydroxylation is 1. The number of nitrogens with one attached hydrogen (secondary N) is 2. The Morgan fingerprint density at radius 3 is 2.39 bits per heavy atom. The van der Waals surface area contributed by atoms with Crippen LogP contribution in [0.15, 0.2) is 42.5 Å². The number of amides is 1. The smallest absolute Gasteiger partial charge is 0.229 e. The van der Waals surface area contributed by atoms with E-state index in [4.69, 9.17) is 0 Å². The van der Waals surface area contributed by atoms with Gasteiger partial charge in [0.15, 0.2) is 0 Å². The summed E-state index contributed by atoms with van der Waals surface area (Å²) in [5.41, 5.74) is 2.32. The SMILES string of the molecule is Cc1ccc(NC(=O)Cc2ccc(F)cc2)cc1NS(C)(=O)=O. The zero-order valence-electron chi connectivity index (χ0n) is 12.8. The summed E-state index contributed by atoms with van der Waals surface area (Å²) in [7, 11) is -3.40. The van der Waals surface area contributed by atoms with E-state index in [9.17, 15) is 17.6 Å². The molecule has 2 aromatic rings. The lowest BCUT2D eigenvalue weighted by Gasteiger charge is -2.11. The highest BCUT2D eigenvalue weighted by molar-refractivity contribution is 7.92. The molecule has 0 radical (unpaired) electrons. The summed E-state index contributed by atoms with van der Waals surface area (Å²) < 4.78 is 37.9. The molecule has 0 aliphatic carbocycles. The maximum absolute atomic E-state index is 12.8. The van der Waals surface area contributed by atoms with Gasteiger partial charge in [-0.15, -0.1) is 0 Å². The average Bonchev–Trinajstić information content (AvgIpc) is 2.43. The van der Waals surface area contributed by atoms with Gasteiger partial charge in [-0.05, 0) is 42.3 Å². The number of hydrogen-bond donors (Lipinski definition) is 2. The highest BCUT2D eigenvalue weighted by Crippen LogP contribution is 2.21. The predicted octanol–water partition coefficient (Wildman–Crippen LogP) is 2.69. The Balaban J connectivity index is 2.09. The van der Waals surface area contributed by atoms with Gasteiger partial charge in [0, 0.05) is 5.69 Å². The molecule has 0 heterocycles. The van der Waals surface area contributed by atoms with Crippen molar-refractivity contribution in [3.63, 3.8) is 0 Å². The Hall–Kier alpha value is -2.41. The summed E-state index contributed by atoms with van der Waals surface area (Å²) in [5.74, 6) is -0.630. The van der Waals surface area contributed by atoms with E-state index in [0.29, 0.717) is 16.9 Å². The number of carbonyl (C=O) groups excluding carboxylic acids is 1. The molecule has 0 bridgehead atoms. The first kappa shape index (κ1) is 17.0. The van der Waals surface area contributed by atoms with Crippen LogP contribution in [0.25, 0.3) is 0 Å². The molecule has 1 amide bonds. The molecular formula is C16H17FN2O3S. The van der Waals surface area contributed by atoms with Gasteiger partial charge in [0.25, 0.3) is 0 Å². The van der Waals surface area contributed by atoms with Crippen LogP contribution in [-0.2, 0) is 21.2 Å².